The average Bonchev–Trinajstić information content (AvgIpc) is 3.14. The van der Waals surface area contributed by atoms with Crippen LogP contribution in [-0.4, -0.2) is 110 Å². The fourth-order valence-electron chi connectivity index (χ4n) is 5.54. The number of aromatic hydroxyl groups is 1. The molecule has 0 radical (unpaired) electrons. The molecule has 0 bridgehead atoms. The Balaban J connectivity index is 2.44. The van der Waals surface area contributed by atoms with E-state index in [0.29, 0.717) is 11.1 Å². The molecule has 20 nitrogen and oxygen atoms in total. The Morgan fingerprint density at radius 1 is 0.569 bits per heavy atom. The van der Waals surface area contributed by atoms with Gasteiger partial charge in [-0.15, -0.1) is 0 Å². The number of phenolic OH excluding ortho intramolecular Hbond substituents is 1. The molecule has 6 amide bonds. The van der Waals surface area contributed by atoms with Gasteiger partial charge in [0, 0.05) is 25.7 Å². The highest BCUT2D eigenvalue weighted by Gasteiger charge is 2.34. The molecule has 0 aliphatic carbocycles. The molecule has 0 aromatic heterocycles. The first-order valence-corrected chi connectivity index (χ1v) is 18.3. The number of carbonyl (C=O) groups is 9. The van der Waals surface area contributed by atoms with Gasteiger partial charge < -0.3 is 58.5 Å². The van der Waals surface area contributed by atoms with Crippen molar-refractivity contribution in [1.29, 1.82) is 0 Å². The van der Waals surface area contributed by atoms with Gasteiger partial charge in [0.05, 0.1) is 12.5 Å². The molecule has 0 saturated carbocycles. The van der Waals surface area contributed by atoms with Crippen LogP contribution in [0.2, 0.25) is 0 Å². The van der Waals surface area contributed by atoms with E-state index in [9.17, 15) is 58.5 Å². The number of aliphatic carboxylic acids is 3. The molecule has 0 heterocycles. The molecule has 0 aliphatic heterocycles. The number of hydrogen-bond donors (Lipinski definition) is 11. The zero-order chi connectivity index (χ0) is 43.5. The highest BCUT2D eigenvalue weighted by Crippen LogP contribution is 2.14. The Morgan fingerprint density at radius 3 is 1.52 bits per heavy atom. The molecule has 0 unspecified atom stereocenters. The van der Waals surface area contributed by atoms with Crippen LogP contribution < -0.4 is 38.1 Å². The lowest BCUT2D eigenvalue weighted by atomic mass is 9.99. The van der Waals surface area contributed by atoms with Crippen molar-refractivity contribution in [3.8, 4) is 5.75 Å². The number of phenols is 1. The number of nitrogens with two attached hydrogens (primary N) is 2. The summed E-state index contributed by atoms with van der Waals surface area (Å²) in [6.45, 7) is 3.44. The Kier molecular flexibility index (Phi) is 19.3. The first kappa shape index (κ1) is 47.6. The van der Waals surface area contributed by atoms with Crippen LogP contribution in [0.3, 0.4) is 0 Å². The van der Waals surface area contributed by atoms with Gasteiger partial charge in [-0.25, -0.2) is 4.79 Å². The third-order valence-corrected chi connectivity index (χ3v) is 8.58. The number of carboxylic acids is 3. The number of carbonyl (C=O) groups excluding carboxylic acids is 6. The first-order valence-electron chi connectivity index (χ1n) is 18.3. The lowest BCUT2D eigenvalue weighted by Crippen LogP contribution is -2.60. The number of hydrogen-bond acceptors (Lipinski definition) is 11. The Bertz CT molecular complexity index is 1770. The summed E-state index contributed by atoms with van der Waals surface area (Å²) in [6.07, 6.45) is -2.80. The smallest absolute Gasteiger partial charge is 0.326 e. The number of rotatable bonds is 25. The largest absolute Gasteiger partial charge is 0.508 e. The fraction of sp³-hybridized carbons (Fsp3) is 0.447. The molecule has 2 aromatic carbocycles. The van der Waals surface area contributed by atoms with Crippen molar-refractivity contribution in [2.75, 3.05) is 0 Å². The summed E-state index contributed by atoms with van der Waals surface area (Å²) >= 11 is 0. The van der Waals surface area contributed by atoms with Gasteiger partial charge in [-0.05, 0) is 48.4 Å². The third-order valence-electron chi connectivity index (χ3n) is 8.58. The Hall–Kier alpha value is -6.57. The van der Waals surface area contributed by atoms with Crippen LogP contribution in [0.5, 0.6) is 5.75 Å². The second kappa shape index (κ2) is 23.5. The Labute approximate surface area is 333 Å². The van der Waals surface area contributed by atoms with E-state index in [1.165, 1.54) is 24.3 Å². The minimum atomic E-state index is -1.73. The quantitative estimate of drug-likeness (QED) is 0.0553. The number of primary amides is 1. The zero-order valence-corrected chi connectivity index (χ0v) is 32.0. The second-order valence-electron chi connectivity index (χ2n) is 14.0. The molecule has 6 atom stereocenters. The molecule has 13 N–H and O–H groups in total. The van der Waals surface area contributed by atoms with E-state index in [4.69, 9.17) is 16.6 Å². The molecule has 316 valence electrons. The molecular formula is C38H51N7O13. The van der Waals surface area contributed by atoms with Gasteiger partial charge >= 0.3 is 17.9 Å². The van der Waals surface area contributed by atoms with E-state index in [1.807, 2.05) is 0 Å². The van der Waals surface area contributed by atoms with E-state index < -0.39 is 102 Å². The zero-order valence-electron chi connectivity index (χ0n) is 32.0. The van der Waals surface area contributed by atoms with Crippen LogP contribution >= 0.6 is 0 Å². The van der Waals surface area contributed by atoms with Gasteiger partial charge in [-0.2, -0.15) is 0 Å². The molecular weight excluding hydrogens is 762 g/mol. The summed E-state index contributed by atoms with van der Waals surface area (Å²) < 4.78 is 0. The van der Waals surface area contributed by atoms with Crippen LogP contribution in [0.4, 0.5) is 0 Å². The van der Waals surface area contributed by atoms with Crippen LogP contribution in [0.15, 0.2) is 54.6 Å². The van der Waals surface area contributed by atoms with E-state index in [0.717, 1.165) is 0 Å². The summed E-state index contributed by atoms with van der Waals surface area (Å²) in [5.41, 5.74) is 11.9. The summed E-state index contributed by atoms with van der Waals surface area (Å²) in [5.74, 6) is -10.2. The van der Waals surface area contributed by atoms with Gasteiger partial charge in [0.1, 0.15) is 36.0 Å². The highest BCUT2D eigenvalue weighted by atomic mass is 16.4. The summed E-state index contributed by atoms with van der Waals surface area (Å²) in [6, 6.07) is 5.03. The first-order chi connectivity index (χ1) is 27.2. The number of carboxylic acid groups (broad SMARTS) is 3. The molecule has 2 rings (SSSR count). The predicted octanol–water partition coefficient (Wildman–Crippen LogP) is -1.34. The lowest BCUT2D eigenvalue weighted by molar-refractivity contribution is -0.143. The lowest BCUT2D eigenvalue weighted by Gasteiger charge is -2.28. The van der Waals surface area contributed by atoms with Gasteiger partial charge in [0.15, 0.2) is 0 Å². The van der Waals surface area contributed by atoms with Gasteiger partial charge in [0.25, 0.3) is 0 Å². The average molecular weight is 814 g/mol. The summed E-state index contributed by atoms with van der Waals surface area (Å²) in [4.78, 5) is 114. The minimum Gasteiger partial charge on any atom is -0.508 e. The van der Waals surface area contributed by atoms with E-state index in [-0.39, 0.29) is 50.2 Å². The second-order valence-corrected chi connectivity index (χ2v) is 14.0. The maximum atomic E-state index is 14.1. The van der Waals surface area contributed by atoms with Crippen LogP contribution in [0.1, 0.15) is 63.5 Å². The van der Waals surface area contributed by atoms with Crippen LogP contribution in [0, 0.1) is 5.92 Å². The minimum absolute atomic E-state index is 0.0309. The van der Waals surface area contributed by atoms with Crippen molar-refractivity contribution >= 4 is 53.4 Å². The van der Waals surface area contributed by atoms with Gasteiger partial charge in [-0.3, -0.25) is 38.4 Å². The molecule has 20 heteroatoms. The molecule has 0 fully saturated rings. The normalized spacial score (nSPS) is 14.0. The summed E-state index contributed by atoms with van der Waals surface area (Å²) in [5, 5.41) is 49.9. The molecule has 2 aromatic rings. The van der Waals surface area contributed by atoms with Gasteiger partial charge in [0.2, 0.25) is 35.4 Å². The molecule has 0 saturated heterocycles. The number of amides is 6. The van der Waals surface area contributed by atoms with Crippen molar-refractivity contribution in [3.63, 3.8) is 0 Å². The van der Waals surface area contributed by atoms with Crippen molar-refractivity contribution in [2.24, 2.45) is 17.4 Å². The van der Waals surface area contributed by atoms with Gasteiger partial charge in [-0.1, -0.05) is 56.3 Å². The van der Waals surface area contributed by atoms with Crippen molar-refractivity contribution in [2.45, 2.75) is 101 Å². The fourth-order valence-corrected chi connectivity index (χ4v) is 5.54. The maximum absolute atomic E-state index is 14.1. The summed E-state index contributed by atoms with van der Waals surface area (Å²) in [7, 11) is 0. The van der Waals surface area contributed by atoms with Crippen LogP contribution in [-0.2, 0) is 56.0 Å². The number of nitrogens with one attached hydrogen (secondary N) is 5. The van der Waals surface area contributed by atoms with Crippen LogP contribution in [0.25, 0.3) is 0 Å². The molecule has 58 heavy (non-hydrogen) atoms. The van der Waals surface area contributed by atoms with Crippen molar-refractivity contribution in [1.82, 2.24) is 26.6 Å². The highest BCUT2D eigenvalue weighted by molar-refractivity contribution is 5.97. The topological polar surface area (TPSA) is 347 Å². The van der Waals surface area contributed by atoms with E-state index in [2.05, 4.69) is 26.6 Å². The van der Waals surface area contributed by atoms with Crippen molar-refractivity contribution < 1.29 is 63.6 Å². The number of benzene rings is 2. The predicted molar refractivity (Wildman–Crippen MR) is 204 cm³/mol. The van der Waals surface area contributed by atoms with E-state index in [1.54, 1.807) is 44.2 Å². The maximum Gasteiger partial charge on any atom is 0.326 e. The monoisotopic (exact) mass is 813 g/mol. The van der Waals surface area contributed by atoms with E-state index >= 15 is 0 Å². The SMILES string of the molecule is CC(C)C[C@H](NC(=O)[C@H](CC(=O)O)NC(=O)[C@@H](N)CCC(=O)O)C(=O)N[C@@H](Cc1ccccc1)C(=O)N[C@@H](Cc1ccc(O)cc1)C(=O)N[C@@H](CCC(N)=O)C(=O)O. The molecule has 0 spiro atoms. The Morgan fingerprint density at radius 2 is 1.03 bits per heavy atom. The molecule has 0 aliphatic rings. The standard InChI is InChI=1S/C38H51N7O13/c1-20(2)16-26(43-37(56)29(19-32(50)51)42-33(52)24(39)12-15-31(48)49)34(53)44-27(17-21-6-4-3-5-7-21)36(55)45-28(18-22-8-10-23(46)11-9-22)35(54)41-25(38(57)58)13-14-30(40)47/h3-11,20,24-29,46H,12-19,39H2,1-2H3,(H2,40,47)(H,41,54)(H,42,52)(H,43,56)(H,44,53)(H,45,55)(H,48,49)(H,50,51)(H,57,58)/t24-,25-,26-,27-,28-,29-/m0/s1. The van der Waals surface area contributed by atoms with Crippen molar-refractivity contribution in [3.05, 3.63) is 65.7 Å². The third kappa shape index (κ3) is 17.5.